The largest absolute Gasteiger partial charge is 0.481 e. The van der Waals surface area contributed by atoms with Crippen LogP contribution in [-0.2, 0) is 16.0 Å². The maximum Gasteiger partial charge on any atom is 0.305 e. The Bertz CT molecular complexity index is 417. The highest BCUT2D eigenvalue weighted by molar-refractivity contribution is 5.67. The lowest BCUT2D eigenvalue weighted by atomic mass is 10.1. The summed E-state index contributed by atoms with van der Waals surface area (Å²) in [5.74, 6) is 0.310. The number of hydrogen-bond donors (Lipinski definition) is 1. The number of carboxylic acids is 1. The molecule has 1 unspecified atom stereocenters. The first-order valence-corrected chi connectivity index (χ1v) is 6.78. The summed E-state index contributed by atoms with van der Waals surface area (Å²) in [5.41, 5.74) is 0. The third kappa shape index (κ3) is 3.99. The lowest BCUT2D eigenvalue weighted by Crippen LogP contribution is -2.20. The summed E-state index contributed by atoms with van der Waals surface area (Å²) < 4.78 is 7.10. The van der Waals surface area contributed by atoms with E-state index in [4.69, 9.17) is 9.84 Å². The van der Waals surface area contributed by atoms with Gasteiger partial charge >= 0.3 is 5.97 Å². The van der Waals surface area contributed by atoms with Gasteiger partial charge in [-0.25, -0.2) is 4.68 Å². The summed E-state index contributed by atoms with van der Waals surface area (Å²) >= 11 is 0. The third-order valence-corrected chi connectivity index (χ3v) is 3.24. The van der Waals surface area contributed by atoms with E-state index >= 15 is 0 Å². The fraction of sp³-hybridized carbons (Fsp3) is 0.833. The van der Waals surface area contributed by atoms with Crippen LogP contribution in [0.25, 0.3) is 0 Å². The van der Waals surface area contributed by atoms with Crippen LogP contribution in [0.4, 0.5) is 0 Å². The molecule has 0 amide bonds. The molecule has 0 saturated heterocycles. The zero-order valence-corrected chi connectivity index (χ0v) is 11.2. The molecule has 1 heterocycles. The molecule has 1 fully saturated rings. The van der Waals surface area contributed by atoms with E-state index in [9.17, 15) is 4.79 Å². The van der Waals surface area contributed by atoms with E-state index in [1.54, 1.807) is 4.68 Å². The second-order valence-corrected chi connectivity index (χ2v) is 4.90. The molecule has 1 saturated carbocycles. The Balaban J connectivity index is 1.97. The summed E-state index contributed by atoms with van der Waals surface area (Å²) in [6.45, 7) is 3.35. The highest BCUT2D eigenvalue weighted by atomic mass is 16.5. The summed E-state index contributed by atoms with van der Waals surface area (Å²) in [6, 6.07) is -0.117. The summed E-state index contributed by atoms with van der Waals surface area (Å²) in [6.07, 6.45) is 3.80. The van der Waals surface area contributed by atoms with Crippen molar-refractivity contribution in [1.82, 2.24) is 20.2 Å². The van der Waals surface area contributed by atoms with Crippen molar-refractivity contribution in [3.8, 4) is 0 Å². The molecule has 0 aliphatic heterocycles. The molecule has 7 nitrogen and oxygen atoms in total. The Kier molecular flexibility index (Phi) is 4.84. The van der Waals surface area contributed by atoms with Crippen LogP contribution < -0.4 is 0 Å². The highest BCUT2D eigenvalue weighted by Gasteiger charge is 2.36. The smallest absolute Gasteiger partial charge is 0.305 e. The molecule has 19 heavy (non-hydrogen) atoms. The van der Waals surface area contributed by atoms with E-state index in [-0.39, 0.29) is 12.5 Å². The third-order valence-electron chi connectivity index (χ3n) is 3.24. The van der Waals surface area contributed by atoms with Crippen molar-refractivity contribution in [3.05, 3.63) is 5.82 Å². The first-order chi connectivity index (χ1) is 9.22. The van der Waals surface area contributed by atoms with Gasteiger partial charge in [0.15, 0.2) is 5.82 Å². The number of hydrogen-bond acceptors (Lipinski definition) is 5. The van der Waals surface area contributed by atoms with Crippen molar-refractivity contribution < 1.29 is 14.6 Å². The number of tetrazole rings is 1. The minimum Gasteiger partial charge on any atom is -0.481 e. The van der Waals surface area contributed by atoms with Crippen LogP contribution in [0, 0.1) is 5.92 Å². The van der Waals surface area contributed by atoms with Crippen molar-refractivity contribution in [1.29, 1.82) is 0 Å². The summed E-state index contributed by atoms with van der Waals surface area (Å²) in [4.78, 5) is 10.9. The number of aliphatic carboxylic acids is 1. The van der Waals surface area contributed by atoms with Gasteiger partial charge in [-0.1, -0.05) is 6.92 Å². The molecule has 1 aliphatic rings. The Labute approximate surface area is 111 Å². The monoisotopic (exact) mass is 268 g/mol. The van der Waals surface area contributed by atoms with Gasteiger partial charge in [0.2, 0.25) is 0 Å². The second kappa shape index (κ2) is 6.60. The Morgan fingerprint density at radius 2 is 2.32 bits per heavy atom. The van der Waals surface area contributed by atoms with Gasteiger partial charge < -0.3 is 9.84 Å². The van der Waals surface area contributed by atoms with Crippen molar-refractivity contribution in [2.45, 2.75) is 45.1 Å². The molecule has 1 N–H and O–H groups in total. The van der Waals surface area contributed by atoms with Crippen LogP contribution in [0.3, 0.4) is 0 Å². The van der Waals surface area contributed by atoms with Crippen molar-refractivity contribution in [2.24, 2.45) is 5.92 Å². The molecule has 0 radical (unpaired) electrons. The lowest BCUT2D eigenvalue weighted by molar-refractivity contribution is -0.138. The van der Waals surface area contributed by atoms with Crippen LogP contribution >= 0.6 is 0 Å². The van der Waals surface area contributed by atoms with Crippen LogP contribution in [0.15, 0.2) is 0 Å². The van der Waals surface area contributed by atoms with Gasteiger partial charge in [0.05, 0.1) is 19.1 Å². The number of rotatable bonds is 9. The number of nitrogens with zero attached hydrogens (tertiary/aromatic N) is 4. The number of carbonyl (C=O) groups is 1. The summed E-state index contributed by atoms with van der Waals surface area (Å²) in [5, 5.41) is 20.6. The standard InChI is InChI=1S/C12H20N4O3/c1-2-6-19-7-5-11-13-14-15-16(11)10(8-12(17)18)9-3-4-9/h9-10H,2-8H2,1H3,(H,17,18). The first kappa shape index (κ1) is 13.9. The Morgan fingerprint density at radius 1 is 1.53 bits per heavy atom. The lowest BCUT2D eigenvalue weighted by Gasteiger charge is -2.15. The number of aromatic nitrogens is 4. The van der Waals surface area contributed by atoms with Crippen LogP contribution in [0.2, 0.25) is 0 Å². The van der Waals surface area contributed by atoms with Crippen LogP contribution in [0.1, 0.15) is 44.5 Å². The predicted octanol–water partition coefficient (Wildman–Crippen LogP) is 1.07. The van der Waals surface area contributed by atoms with Crippen molar-refractivity contribution in [3.63, 3.8) is 0 Å². The Morgan fingerprint density at radius 3 is 2.95 bits per heavy atom. The van der Waals surface area contributed by atoms with Crippen LogP contribution in [-0.4, -0.2) is 44.5 Å². The maximum absolute atomic E-state index is 10.9. The molecule has 0 spiro atoms. The topological polar surface area (TPSA) is 90.1 Å². The minimum absolute atomic E-state index is 0.0819. The Hall–Kier alpha value is -1.50. The summed E-state index contributed by atoms with van der Waals surface area (Å²) in [7, 11) is 0. The molecule has 1 atom stereocenters. The highest BCUT2D eigenvalue weighted by Crippen LogP contribution is 2.41. The molecule has 106 valence electrons. The zero-order chi connectivity index (χ0) is 13.7. The van der Waals surface area contributed by atoms with Gasteiger partial charge in [-0.2, -0.15) is 0 Å². The van der Waals surface area contributed by atoms with Gasteiger partial charge in [0, 0.05) is 13.0 Å². The van der Waals surface area contributed by atoms with Gasteiger partial charge in [-0.05, 0) is 35.6 Å². The van der Waals surface area contributed by atoms with E-state index in [1.165, 1.54) is 0 Å². The van der Waals surface area contributed by atoms with Gasteiger partial charge in [0.1, 0.15) is 0 Å². The maximum atomic E-state index is 10.9. The average molecular weight is 268 g/mol. The number of carboxylic acid groups (broad SMARTS) is 1. The first-order valence-electron chi connectivity index (χ1n) is 6.78. The fourth-order valence-corrected chi connectivity index (χ4v) is 2.16. The van der Waals surface area contributed by atoms with E-state index in [1.807, 2.05) is 0 Å². The van der Waals surface area contributed by atoms with Gasteiger partial charge in [0.25, 0.3) is 0 Å². The van der Waals surface area contributed by atoms with E-state index in [2.05, 4.69) is 22.4 Å². The van der Waals surface area contributed by atoms with E-state index < -0.39 is 5.97 Å². The zero-order valence-electron chi connectivity index (χ0n) is 11.2. The molecule has 1 aromatic heterocycles. The van der Waals surface area contributed by atoms with E-state index in [0.717, 1.165) is 25.9 Å². The van der Waals surface area contributed by atoms with Gasteiger partial charge in [-0.3, -0.25) is 4.79 Å². The molecular weight excluding hydrogens is 248 g/mol. The second-order valence-electron chi connectivity index (χ2n) is 4.90. The van der Waals surface area contributed by atoms with E-state index in [0.29, 0.717) is 24.8 Å². The van der Waals surface area contributed by atoms with Crippen molar-refractivity contribution in [2.75, 3.05) is 13.2 Å². The number of ether oxygens (including phenoxy) is 1. The molecule has 0 aromatic carbocycles. The van der Waals surface area contributed by atoms with Crippen molar-refractivity contribution >= 4 is 5.97 Å². The molecule has 1 aliphatic carbocycles. The molecular formula is C12H20N4O3. The van der Waals surface area contributed by atoms with Crippen LogP contribution in [0.5, 0.6) is 0 Å². The molecule has 2 rings (SSSR count). The fourth-order valence-electron chi connectivity index (χ4n) is 2.16. The molecule has 7 heteroatoms. The predicted molar refractivity (Wildman–Crippen MR) is 66.6 cm³/mol. The SMILES string of the molecule is CCCOCCc1nnnn1C(CC(=O)O)C1CC1. The molecule has 1 aromatic rings. The average Bonchev–Trinajstić information content (AvgIpc) is 3.11. The minimum atomic E-state index is -0.805. The molecule has 0 bridgehead atoms. The quantitative estimate of drug-likeness (QED) is 0.674. The normalized spacial score (nSPS) is 16.5. The van der Waals surface area contributed by atoms with Gasteiger partial charge in [-0.15, -0.1) is 5.10 Å².